The lowest BCUT2D eigenvalue weighted by Crippen LogP contribution is -2.39. The maximum absolute atomic E-state index is 10.9. The number of nitrogens with zero attached hydrogens (tertiary/aromatic N) is 1. The number of benzene rings is 1. The van der Waals surface area contributed by atoms with Crippen LogP contribution in [0.15, 0.2) is 30.3 Å². The molecule has 1 amide bonds. The van der Waals surface area contributed by atoms with Gasteiger partial charge in [0, 0.05) is 24.6 Å². The van der Waals surface area contributed by atoms with Crippen LogP contribution >= 0.6 is 0 Å². The molecule has 64 valence electrons. The van der Waals surface area contributed by atoms with Gasteiger partial charge in [-0.2, -0.15) is 0 Å². The number of hydrogen-bond donors (Lipinski definition) is 0. The Morgan fingerprint density at radius 3 is 2.54 bits per heavy atom. The average molecular weight is 171 g/mol. The second-order valence-electron chi connectivity index (χ2n) is 2.90. The number of carbonyl (C=O) groups is 1. The largest absolute Gasteiger partial charge is 0.274 e. The summed E-state index contributed by atoms with van der Waals surface area (Å²) in [5, 5.41) is 0. The van der Waals surface area contributed by atoms with Gasteiger partial charge in [-0.15, -0.1) is 0 Å². The van der Waals surface area contributed by atoms with Gasteiger partial charge in [-0.1, -0.05) is 18.2 Å². The number of likely N-dealkylation sites (tertiary alicyclic amines) is 1. The predicted octanol–water partition coefficient (Wildman–Crippen LogP) is 1.23. The lowest BCUT2D eigenvalue weighted by atomic mass is 10.2. The van der Waals surface area contributed by atoms with E-state index in [0.29, 0.717) is 6.42 Å². The van der Waals surface area contributed by atoms with Crippen LogP contribution in [0.4, 0.5) is 0 Å². The molecule has 0 aromatic heterocycles. The lowest BCUT2D eigenvalue weighted by molar-refractivity contribution is -0.135. The lowest BCUT2D eigenvalue weighted by Gasteiger charge is -2.23. The molecule has 13 heavy (non-hydrogen) atoms. The molecule has 2 rings (SSSR count). The van der Waals surface area contributed by atoms with E-state index in [0.717, 1.165) is 12.1 Å². The Hall–Kier alpha value is -1.75. The fourth-order valence-corrected chi connectivity index (χ4v) is 1.09. The Labute approximate surface area is 77.2 Å². The molecule has 0 saturated carbocycles. The minimum atomic E-state index is 0.128. The van der Waals surface area contributed by atoms with Crippen LogP contribution in [0.1, 0.15) is 12.0 Å². The van der Waals surface area contributed by atoms with Crippen molar-refractivity contribution in [1.29, 1.82) is 0 Å². The number of carbonyl (C=O) groups excluding carboxylic acids is 1. The standard InChI is InChI=1S/C11H9NO/c13-11-7-9-12(11)8-6-10-4-2-1-3-5-10/h1-5H,7,9H2. The summed E-state index contributed by atoms with van der Waals surface area (Å²) in [4.78, 5) is 12.4. The SMILES string of the molecule is O=C1CCN1C#Cc1ccccc1. The zero-order valence-corrected chi connectivity index (χ0v) is 7.16. The highest BCUT2D eigenvalue weighted by atomic mass is 16.2. The van der Waals surface area contributed by atoms with E-state index in [2.05, 4.69) is 12.0 Å². The van der Waals surface area contributed by atoms with Crippen LogP contribution in [0, 0.1) is 12.0 Å². The molecule has 1 fully saturated rings. The summed E-state index contributed by atoms with van der Waals surface area (Å²) in [5.74, 6) is 3.06. The summed E-state index contributed by atoms with van der Waals surface area (Å²) >= 11 is 0. The quantitative estimate of drug-likeness (QED) is 0.424. The molecule has 1 aliphatic rings. The summed E-state index contributed by atoms with van der Waals surface area (Å²) in [6.07, 6.45) is 0.642. The first kappa shape index (κ1) is 7.88. The number of hydrogen-bond acceptors (Lipinski definition) is 1. The molecule has 1 aromatic rings. The first-order chi connectivity index (χ1) is 6.36. The van der Waals surface area contributed by atoms with Crippen LogP contribution in [0.3, 0.4) is 0 Å². The zero-order chi connectivity index (χ0) is 9.10. The Morgan fingerprint density at radius 1 is 1.23 bits per heavy atom. The Kier molecular flexibility index (Phi) is 2.01. The normalized spacial score (nSPS) is 14.5. The molecular weight excluding hydrogens is 162 g/mol. The van der Waals surface area contributed by atoms with E-state index in [9.17, 15) is 4.79 Å². The van der Waals surface area contributed by atoms with Crippen LogP contribution in [-0.4, -0.2) is 17.4 Å². The zero-order valence-electron chi connectivity index (χ0n) is 7.16. The third kappa shape index (κ3) is 1.70. The van der Waals surface area contributed by atoms with Crippen LogP contribution < -0.4 is 0 Å². The van der Waals surface area contributed by atoms with Crippen molar-refractivity contribution in [3.8, 4) is 12.0 Å². The van der Waals surface area contributed by atoms with Crippen molar-refractivity contribution >= 4 is 5.91 Å². The second kappa shape index (κ2) is 3.32. The first-order valence-electron chi connectivity index (χ1n) is 4.23. The van der Waals surface area contributed by atoms with Gasteiger partial charge in [0.25, 0.3) is 0 Å². The van der Waals surface area contributed by atoms with E-state index in [1.807, 2.05) is 30.3 Å². The van der Waals surface area contributed by atoms with Gasteiger partial charge in [0.1, 0.15) is 0 Å². The molecule has 0 radical (unpaired) electrons. The maximum atomic E-state index is 10.9. The van der Waals surface area contributed by atoms with Crippen molar-refractivity contribution in [2.45, 2.75) is 6.42 Å². The fraction of sp³-hybridized carbons (Fsp3) is 0.182. The first-order valence-corrected chi connectivity index (χ1v) is 4.23. The second-order valence-corrected chi connectivity index (χ2v) is 2.90. The summed E-state index contributed by atoms with van der Waals surface area (Å²) in [5.41, 5.74) is 0.946. The van der Waals surface area contributed by atoms with Crippen molar-refractivity contribution < 1.29 is 4.79 Å². The topological polar surface area (TPSA) is 20.3 Å². The van der Waals surface area contributed by atoms with Crippen LogP contribution in [-0.2, 0) is 4.79 Å². The van der Waals surface area contributed by atoms with Gasteiger partial charge < -0.3 is 0 Å². The Balaban J connectivity index is 2.09. The third-order valence-electron chi connectivity index (χ3n) is 1.96. The van der Waals surface area contributed by atoms with Crippen molar-refractivity contribution in [3.63, 3.8) is 0 Å². The molecule has 0 spiro atoms. The molecule has 1 aliphatic heterocycles. The summed E-state index contributed by atoms with van der Waals surface area (Å²) in [6, 6.07) is 12.5. The summed E-state index contributed by atoms with van der Waals surface area (Å²) < 4.78 is 0. The molecule has 2 nitrogen and oxygen atoms in total. The number of rotatable bonds is 0. The van der Waals surface area contributed by atoms with Gasteiger partial charge in [-0.3, -0.25) is 9.69 Å². The Morgan fingerprint density at radius 2 is 2.00 bits per heavy atom. The number of amides is 1. The van der Waals surface area contributed by atoms with Crippen molar-refractivity contribution in [2.24, 2.45) is 0 Å². The highest BCUT2D eigenvalue weighted by Crippen LogP contribution is 2.06. The van der Waals surface area contributed by atoms with Crippen LogP contribution in [0.2, 0.25) is 0 Å². The molecule has 0 N–H and O–H groups in total. The Bertz CT molecular complexity index is 372. The molecule has 0 unspecified atom stereocenters. The molecule has 1 heterocycles. The average Bonchev–Trinajstić information content (AvgIpc) is 2.17. The van der Waals surface area contributed by atoms with E-state index < -0.39 is 0 Å². The molecule has 0 atom stereocenters. The van der Waals surface area contributed by atoms with E-state index >= 15 is 0 Å². The van der Waals surface area contributed by atoms with Crippen molar-refractivity contribution in [1.82, 2.24) is 4.90 Å². The highest BCUT2D eigenvalue weighted by Gasteiger charge is 2.21. The third-order valence-corrected chi connectivity index (χ3v) is 1.96. The fourth-order valence-electron chi connectivity index (χ4n) is 1.09. The molecule has 2 heteroatoms. The summed E-state index contributed by atoms with van der Waals surface area (Å²) in [6.45, 7) is 0.776. The van der Waals surface area contributed by atoms with Crippen molar-refractivity contribution in [2.75, 3.05) is 6.54 Å². The van der Waals surface area contributed by atoms with E-state index in [1.54, 1.807) is 4.90 Å². The minimum absolute atomic E-state index is 0.128. The predicted molar refractivity (Wildman–Crippen MR) is 49.7 cm³/mol. The van der Waals surface area contributed by atoms with Gasteiger partial charge >= 0.3 is 0 Å². The van der Waals surface area contributed by atoms with E-state index in [1.165, 1.54) is 0 Å². The molecule has 1 saturated heterocycles. The smallest absolute Gasteiger partial charge is 0.235 e. The van der Waals surface area contributed by atoms with Crippen LogP contribution in [0.5, 0.6) is 0 Å². The van der Waals surface area contributed by atoms with E-state index in [-0.39, 0.29) is 5.91 Å². The van der Waals surface area contributed by atoms with Gasteiger partial charge in [0.15, 0.2) is 0 Å². The maximum Gasteiger partial charge on any atom is 0.235 e. The van der Waals surface area contributed by atoms with Crippen molar-refractivity contribution in [3.05, 3.63) is 35.9 Å². The highest BCUT2D eigenvalue weighted by molar-refractivity contribution is 5.83. The van der Waals surface area contributed by atoms with Gasteiger partial charge in [0.2, 0.25) is 5.91 Å². The molecule has 0 bridgehead atoms. The van der Waals surface area contributed by atoms with E-state index in [4.69, 9.17) is 0 Å². The minimum Gasteiger partial charge on any atom is -0.274 e. The molecular formula is C11H9NO. The molecule has 1 aromatic carbocycles. The van der Waals surface area contributed by atoms with Gasteiger partial charge in [0.05, 0.1) is 0 Å². The monoisotopic (exact) mass is 171 g/mol. The van der Waals surface area contributed by atoms with Gasteiger partial charge in [-0.05, 0) is 18.1 Å². The van der Waals surface area contributed by atoms with Gasteiger partial charge in [-0.25, -0.2) is 0 Å². The number of β-lactam (4-membered cyclic amide) rings is 1. The summed E-state index contributed by atoms with van der Waals surface area (Å²) in [7, 11) is 0. The molecule has 0 aliphatic carbocycles. The van der Waals surface area contributed by atoms with Crippen LogP contribution in [0.25, 0.3) is 0 Å².